The highest BCUT2D eigenvalue weighted by atomic mass is 16.4. The lowest BCUT2D eigenvalue weighted by Crippen LogP contribution is -2.40. The van der Waals surface area contributed by atoms with Crippen LogP contribution in [0.5, 0.6) is 0 Å². The SMILES string of the molecule is CCCC(NCC1CCN(C(C)C)C1)C(=O)O. The summed E-state index contributed by atoms with van der Waals surface area (Å²) in [5.74, 6) is -0.110. The summed E-state index contributed by atoms with van der Waals surface area (Å²) in [5, 5.41) is 12.2. The summed E-state index contributed by atoms with van der Waals surface area (Å²) in [7, 11) is 0. The lowest BCUT2D eigenvalue weighted by atomic mass is 10.1. The van der Waals surface area contributed by atoms with Crippen molar-refractivity contribution >= 4 is 5.97 Å². The molecular weight excluding hydrogens is 216 g/mol. The van der Waals surface area contributed by atoms with E-state index in [1.54, 1.807) is 0 Å². The van der Waals surface area contributed by atoms with Crippen molar-refractivity contribution in [3.63, 3.8) is 0 Å². The van der Waals surface area contributed by atoms with Gasteiger partial charge in [0.2, 0.25) is 0 Å². The molecule has 1 heterocycles. The Labute approximate surface area is 104 Å². The molecule has 4 nitrogen and oxygen atoms in total. The van der Waals surface area contributed by atoms with Crippen LogP contribution in [0.1, 0.15) is 40.0 Å². The minimum Gasteiger partial charge on any atom is -0.480 e. The van der Waals surface area contributed by atoms with Crippen molar-refractivity contribution in [2.75, 3.05) is 19.6 Å². The van der Waals surface area contributed by atoms with Crippen molar-refractivity contribution in [3.05, 3.63) is 0 Å². The van der Waals surface area contributed by atoms with Gasteiger partial charge in [0, 0.05) is 19.1 Å². The Morgan fingerprint density at radius 1 is 1.53 bits per heavy atom. The number of nitrogens with zero attached hydrogens (tertiary/aromatic N) is 1. The molecule has 0 aromatic heterocycles. The van der Waals surface area contributed by atoms with Crippen molar-refractivity contribution in [2.24, 2.45) is 5.92 Å². The van der Waals surface area contributed by atoms with Crippen molar-refractivity contribution in [1.82, 2.24) is 10.2 Å². The van der Waals surface area contributed by atoms with Crippen LogP contribution in [-0.4, -0.2) is 47.7 Å². The van der Waals surface area contributed by atoms with E-state index in [1.165, 1.54) is 6.42 Å². The third kappa shape index (κ3) is 4.64. The topological polar surface area (TPSA) is 52.6 Å². The van der Waals surface area contributed by atoms with Crippen LogP contribution in [0.4, 0.5) is 0 Å². The molecule has 1 aliphatic rings. The summed E-state index contributed by atoms with van der Waals surface area (Å²) < 4.78 is 0. The maximum Gasteiger partial charge on any atom is 0.320 e. The summed E-state index contributed by atoms with van der Waals surface area (Å²) in [4.78, 5) is 13.5. The maximum absolute atomic E-state index is 11.0. The van der Waals surface area contributed by atoms with Crippen LogP contribution in [0.3, 0.4) is 0 Å². The molecule has 17 heavy (non-hydrogen) atoms. The Kier molecular flexibility index (Phi) is 5.92. The van der Waals surface area contributed by atoms with E-state index in [0.717, 1.165) is 32.5 Å². The average Bonchev–Trinajstić information content (AvgIpc) is 2.72. The number of hydrogen-bond acceptors (Lipinski definition) is 3. The molecule has 0 amide bonds. The van der Waals surface area contributed by atoms with Crippen LogP contribution in [0, 0.1) is 5.92 Å². The Bertz CT molecular complexity index is 244. The Morgan fingerprint density at radius 3 is 2.71 bits per heavy atom. The summed E-state index contributed by atoms with van der Waals surface area (Å²) in [5.41, 5.74) is 0. The zero-order valence-corrected chi connectivity index (χ0v) is 11.3. The summed E-state index contributed by atoms with van der Waals surface area (Å²) in [6.07, 6.45) is 2.81. The first-order chi connectivity index (χ1) is 8.04. The van der Waals surface area contributed by atoms with Gasteiger partial charge in [0.15, 0.2) is 0 Å². The second kappa shape index (κ2) is 6.97. The first-order valence-electron chi connectivity index (χ1n) is 6.74. The quantitative estimate of drug-likeness (QED) is 0.711. The number of carboxylic acids is 1. The molecule has 0 spiro atoms. The first kappa shape index (κ1) is 14.5. The molecule has 0 aliphatic carbocycles. The van der Waals surface area contributed by atoms with Crippen molar-refractivity contribution in [1.29, 1.82) is 0 Å². The molecule has 0 aromatic rings. The van der Waals surface area contributed by atoms with Gasteiger partial charge in [-0.3, -0.25) is 4.79 Å². The van der Waals surface area contributed by atoms with Crippen molar-refractivity contribution < 1.29 is 9.90 Å². The number of carboxylic acid groups (broad SMARTS) is 1. The second-order valence-electron chi connectivity index (χ2n) is 5.33. The highest BCUT2D eigenvalue weighted by Crippen LogP contribution is 2.17. The molecule has 1 saturated heterocycles. The van der Waals surface area contributed by atoms with Gasteiger partial charge in [0.1, 0.15) is 6.04 Å². The zero-order valence-electron chi connectivity index (χ0n) is 11.3. The molecule has 0 saturated carbocycles. The first-order valence-corrected chi connectivity index (χ1v) is 6.74. The normalized spacial score (nSPS) is 23.2. The predicted molar refractivity (Wildman–Crippen MR) is 69.2 cm³/mol. The third-order valence-electron chi connectivity index (χ3n) is 3.58. The molecule has 4 heteroatoms. The molecule has 0 radical (unpaired) electrons. The zero-order chi connectivity index (χ0) is 12.8. The fourth-order valence-electron chi connectivity index (χ4n) is 2.41. The van der Waals surface area contributed by atoms with E-state index >= 15 is 0 Å². The molecule has 2 atom stereocenters. The Hall–Kier alpha value is -0.610. The number of nitrogens with one attached hydrogen (secondary N) is 1. The average molecular weight is 242 g/mol. The van der Waals surface area contributed by atoms with E-state index in [9.17, 15) is 4.79 Å². The lowest BCUT2D eigenvalue weighted by molar-refractivity contribution is -0.139. The number of likely N-dealkylation sites (tertiary alicyclic amines) is 1. The van der Waals surface area contributed by atoms with Crippen LogP contribution < -0.4 is 5.32 Å². The minimum absolute atomic E-state index is 0.368. The molecule has 0 aromatic carbocycles. The van der Waals surface area contributed by atoms with Gasteiger partial charge < -0.3 is 15.3 Å². The molecule has 1 rings (SSSR count). The van der Waals surface area contributed by atoms with Gasteiger partial charge in [-0.25, -0.2) is 0 Å². The number of aliphatic carboxylic acids is 1. The fourth-order valence-corrected chi connectivity index (χ4v) is 2.41. The van der Waals surface area contributed by atoms with E-state index in [0.29, 0.717) is 12.0 Å². The molecule has 2 unspecified atom stereocenters. The maximum atomic E-state index is 11.0. The van der Waals surface area contributed by atoms with Crippen LogP contribution >= 0.6 is 0 Å². The van der Waals surface area contributed by atoms with Gasteiger partial charge in [-0.15, -0.1) is 0 Å². The number of carbonyl (C=O) groups is 1. The molecule has 0 bridgehead atoms. The van der Waals surface area contributed by atoms with Gasteiger partial charge in [0.05, 0.1) is 0 Å². The van der Waals surface area contributed by atoms with E-state index in [4.69, 9.17) is 5.11 Å². The monoisotopic (exact) mass is 242 g/mol. The molecular formula is C13H26N2O2. The van der Waals surface area contributed by atoms with Gasteiger partial charge in [-0.2, -0.15) is 0 Å². The van der Waals surface area contributed by atoms with Crippen LogP contribution in [0.2, 0.25) is 0 Å². The predicted octanol–water partition coefficient (Wildman–Crippen LogP) is 1.56. The van der Waals surface area contributed by atoms with Crippen LogP contribution in [0.25, 0.3) is 0 Å². The second-order valence-corrected chi connectivity index (χ2v) is 5.33. The highest BCUT2D eigenvalue weighted by Gasteiger charge is 2.25. The molecule has 1 fully saturated rings. The third-order valence-corrected chi connectivity index (χ3v) is 3.58. The Morgan fingerprint density at radius 2 is 2.24 bits per heavy atom. The largest absolute Gasteiger partial charge is 0.480 e. The summed E-state index contributed by atoms with van der Waals surface area (Å²) >= 11 is 0. The van der Waals surface area contributed by atoms with E-state index in [-0.39, 0.29) is 6.04 Å². The van der Waals surface area contributed by atoms with Crippen LogP contribution in [0.15, 0.2) is 0 Å². The summed E-state index contributed by atoms with van der Waals surface area (Å²) in [6, 6.07) is 0.235. The van der Waals surface area contributed by atoms with Gasteiger partial charge in [0.25, 0.3) is 0 Å². The van der Waals surface area contributed by atoms with Gasteiger partial charge >= 0.3 is 5.97 Å². The van der Waals surface area contributed by atoms with Crippen LogP contribution in [-0.2, 0) is 4.79 Å². The molecule has 1 aliphatic heterocycles. The lowest BCUT2D eigenvalue weighted by Gasteiger charge is -2.21. The molecule has 2 N–H and O–H groups in total. The van der Waals surface area contributed by atoms with Gasteiger partial charge in [-0.05, 0) is 39.2 Å². The van der Waals surface area contributed by atoms with E-state index < -0.39 is 5.97 Å². The fraction of sp³-hybridized carbons (Fsp3) is 0.923. The number of hydrogen-bond donors (Lipinski definition) is 2. The number of rotatable bonds is 7. The highest BCUT2D eigenvalue weighted by molar-refractivity contribution is 5.73. The minimum atomic E-state index is -0.717. The van der Waals surface area contributed by atoms with Crippen molar-refractivity contribution in [2.45, 2.75) is 52.1 Å². The van der Waals surface area contributed by atoms with E-state index in [1.807, 2.05) is 6.92 Å². The molecule has 100 valence electrons. The Balaban J connectivity index is 2.28. The smallest absolute Gasteiger partial charge is 0.320 e. The summed E-state index contributed by atoms with van der Waals surface area (Å²) in [6.45, 7) is 9.53. The van der Waals surface area contributed by atoms with Crippen molar-refractivity contribution in [3.8, 4) is 0 Å². The van der Waals surface area contributed by atoms with E-state index in [2.05, 4.69) is 24.1 Å². The standard InChI is InChI=1S/C13H26N2O2/c1-4-5-12(13(16)17)14-8-11-6-7-15(9-11)10(2)3/h10-12,14H,4-9H2,1-3H3,(H,16,17). The van der Waals surface area contributed by atoms with Gasteiger partial charge in [-0.1, -0.05) is 13.3 Å².